The van der Waals surface area contributed by atoms with E-state index in [2.05, 4.69) is 109 Å². The van der Waals surface area contributed by atoms with Gasteiger partial charge in [0.25, 0.3) is 23.6 Å². The van der Waals surface area contributed by atoms with E-state index >= 15 is 0 Å². The van der Waals surface area contributed by atoms with E-state index in [0.29, 0.717) is 63.6 Å². The van der Waals surface area contributed by atoms with Gasteiger partial charge in [-0.3, -0.25) is 29.0 Å². The van der Waals surface area contributed by atoms with Gasteiger partial charge in [0.05, 0.1) is 92.4 Å². The normalized spacial score (nSPS) is 13.9. The number of imide groups is 2. The highest BCUT2D eigenvalue weighted by molar-refractivity contribution is 6.33. The van der Waals surface area contributed by atoms with Crippen molar-refractivity contribution in [3.63, 3.8) is 0 Å². The van der Waals surface area contributed by atoms with Crippen molar-refractivity contribution in [1.29, 1.82) is 0 Å². The molecule has 0 unspecified atom stereocenters. The average molecular weight is 959 g/mol. The number of hydrogen-bond acceptors (Lipinski definition) is 10. The van der Waals surface area contributed by atoms with Gasteiger partial charge in [-0.15, -0.1) is 0 Å². The van der Waals surface area contributed by atoms with Gasteiger partial charge in [-0.1, -0.05) is 109 Å². The molecule has 0 radical (unpaired) electrons. The third kappa shape index (κ3) is 8.16. The fourth-order valence-corrected chi connectivity index (χ4v) is 10.8. The molecule has 12 heteroatoms. The van der Waals surface area contributed by atoms with Crippen LogP contribution in [0.15, 0.2) is 133 Å². The predicted octanol–water partition coefficient (Wildman–Crippen LogP) is 10.3. The summed E-state index contributed by atoms with van der Waals surface area (Å²) in [5.41, 5.74) is 3.28. The predicted molar refractivity (Wildman–Crippen MR) is 278 cm³/mol. The van der Waals surface area contributed by atoms with Crippen molar-refractivity contribution in [3.8, 4) is 0 Å². The third-order valence-electron chi connectivity index (χ3n) is 14.2. The molecule has 0 atom stereocenters. The molecule has 0 spiro atoms. The molecule has 10 aromatic carbocycles. The Morgan fingerprint density at radius 3 is 0.931 bits per heavy atom. The summed E-state index contributed by atoms with van der Waals surface area (Å²) in [5.74, 6) is -2.03. The number of ether oxygens (including phenoxy) is 6. The Morgan fingerprint density at radius 1 is 0.278 bits per heavy atom. The van der Waals surface area contributed by atoms with E-state index in [0.717, 1.165) is 20.9 Å². The Hall–Kier alpha value is -7.42. The first-order valence-corrected chi connectivity index (χ1v) is 24.5. The monoisotopic (exact) mass is 958 g/mol. The fourth-order valence-electron chi connectivity index (χ4n) is 10.8. The average Bonchev–Trinajstić information content (AvgIpc) is 3.41. The fraction of sp³-hybridized carbons (Fsp3) is 0.233. The molecular weight excluding hydrogens is 909 g/mol. The summed E-state index contributed by atoms with van der Waals surface area (Å²) in [6, 6.07) is 45.0. The minimum absolute atomic E-state index is 0.0262. The molecule has 2 aliphatic heterocycles. The minimum atomic E-state index is -0.508. The van der Waals surface area contributed by atoms with Gasteiger partial charge < -0.3 is 28.4 Å². The molecule has 0 aliphatic carbocycles. The summed E-state index contributed by atoms with van der Waals surface area (Å²) in [7, 11) is 0. The van der Waals surface area contributed by atoms with Crippen molar-refractivity contribution in [2.45, 2.75) is 13.2 Å². The molecule has 4 amide bonds. The van der Waals surface area contributed by atoms with E-state index in [1.165, 1.54) is 64.6 Å². The van der Waals surface area contributed by atoms with Gasteiger partial charge in [-0.2, -0.15) is 0 Å². The van der Waals surface area contributed by atoms with E-state index in [9.17, 15) is 19.2 Å². The number of carbonyl (C=O) groups excluding carboxylic acids is 4. The first kappa shape index (κ1) is 45.7. The molecule has 12 nitrogen and oxygen atoms in total. The third-order valence-corrected chi connectivity index (χ3v) is 14.2. The molecule has 0 saturated carbocycles. The van der Waals surface area contributed by atoms with Crippen LogP contribution in [0.25, 0.3) is 75.4 Å². The van der Waals surface area contributed by atoms with E-state index < -0.39 is 23.6 Å². The summed E-state index contributed by atoms with van der Waals surface area (Å²) < 4.78 is 35.0. The highest BCUT2D eigenvalue weighted by atomic mass is 16.5. The van der Waals surface area contributed by atoms with Crippen molar-refractivity contribution in [1.82, 2.24) is 9.80 Å². The maximum Gasteiger partial charge on any atom is 0.261 e. The summed E-state index contributed by atoms with van der Waals surface area (Å²) in [5, 5.41) is 15.5. The second kappa shape index (κ2) is 19.6. The standard InChI is InChI=1S/C60H50N2O10/c63-57-47-19-21-49-56-50(60(66)62(59(49)65)24-26-68-28-30-70-32-34-72-36-44-14-12-42-10-8-38-4-2-6-40-16-18-46(44)54(42)52(38)40)22-20-48(55(47)56)58(64)61(57)23-25-67-27-29-69-31-33-71-35-43-13-11-41-9-7-37-3-1-5-39-15-17-45(43)53(41)51(37)39/h1-22H,23-36H2. The molecule has 72 heavy (non-hydrogen) atoms. The maximum absolute atomic E-state index is 13.8. The molecule has 0 aromatic heterocycles. The molecule has 2 heterocycles. The Bertz CT molecular complexity index is 3390. The van der Waals surface area contributed by atoms with Gasteiger partial charge in [-0.25, -0.2) is 0 Å². The van der Waals surface area contributed by atoms with E-state index in [1.54, 1.807) is 24.3 Å². The molecule has 10 aromatic rings. The Balaban J connectivity index is 0.564. The number of nitrogens with zero attached hydrogens (tertiary/aromatic N) is 2. The smallest absolute Gasteiger partial charge is 0.261 e. The molecule has 0 saturated heterocycles. The Morgan fingerprint density at radius 2 is 0.569 bits per heavy atom. The van der Waals surface area contributed by atoms with Crippen LogP contribution in [0, 0.1) is 0 Å². The Labute approximate surface area is 414 Å². The van der Waals surface area contributed by atoms with Gasteiger partial charge in [0.2, 0.25) is 0 Å². The van der Waals surface area contributed by atoms with Gasteiger partial charge in [0.1, 0.15) is 0 Å². The van der Waals surface area contributed by atoms with Crippen LogP contribution in [0.4, 0.5) is 0 Å². The second-order valence-corrected chi connectivity index (χ2v) is 18.3. The van der Waals surface area contributed by atoms with Crippen LogP contribution in [-0.4, -0.2) is 113 Å². The van der Waals surface area contributed by atoms with E-state index in [-0.39, 0.29) is 61.8 Å². The summed E-state index contributed by atoms with van der Waals surface area (Å²) in [4.78, 5) is 57.3. The van der Waals surface area contributed by atoms with Crippen LogP contribution < -0.4 is 0 Å². The van der Waals surface area contributed by atoms with Crippen LogP contribution in [0.1, 0.15) is 52.6 Å². The molecule has 0 N–H and O–H groups in total. The lowest BCUT2D eigenvalue weighted by Crippen LogP contribution is -2.45. The maximum atomic E-state index is 13.8. The molecule has 0 fully saturated rings. The zero-order valence-corrected chi connectivity index (χ0v) is 39.6. The van der Waals surface area contributed by atoms with Gasteiger partial charge in [-0.05, 0) is 100 Å². The van der Waals surface area contributed by atoms with Crippen molar-refractivity contribution in [3.05, 3.63) is 167 Å². The van der Waals surface area contributed by atoms with Crippen LogP contribution in [0.5, 0.6) is 0 Å². The van der Waals surface area contributed by atoms with Crippen LogP contribution in [0.2, 0.25) is 0 Å². The van der Waals surface area contributed by atoms with Crippen molar-refractivity contribution < 1.29 is 47.6 Å². The van der Waals surface area contributed by atoms with Gasteiger partial charge >= 0.3 is 0 Å². The molecule has 2 aliphatic rings. The van der Waals surface area contributed by atoms with Crippen molar-refractivity contribution in [2.75, 3.05) is 79.2 Å². The van der Waals surface area contributed by atoms with E-state index in [1.807, 2.05) is 0 Å². The summed E-state index contributed by atoms with van der Waals surface area (Å²) in [6.07, 6.45) is 0. The first-order valence-electron chi connectivity index (χ1n) is 24.5. The zero-order chi connectivity index (χ0) is 48.7. The first-order chi connectivity index (χ1) is 35.4. The minimum Gasteiger partial charge on any atom is -0.377 e. The number of amides is 4. The summed E-state index contributed by atoms with van der Waals surface area (Å²) >= 11 is 0. The lowest BCUT2D eigenvalue weighted by atomic mass is 9.86. The quantitative estimate of drug-likeness (QED) is 0.0368. The highest BCUT2D eigenvalue weighted by Gasteiger charge is 2.39. The molecule has 360 valence electrons. The topological polar surface area (TPSA) is 130 Å². The Kier molecular flexibility index (Phi) is 12.5. The van der Waals surface area contributed by atoms with Crippen molar-refractivity contribution >= 4 is 99.0 Å². The van der Waals surface area contributed by atoms with Crippen LogP contribution in [0.3, 0.4) is 0 Å². The second-order valence-electron chi connectivity index (χ2n) is 18.3. The largest absolute Gasteiger partial charge is 0.377 e. The number of hydrogen-bond donors (Lipinski definition) is 0. The highest BCUT2D eigenvalue weighted by Crippen LogP contribution is 2.40. The molecular formula is C60H50N2O10. The summed E-state index contributed by atoms with van der Waals surface area (Å²) in [6.45, 7) is 3.98. The van der Waals surface area contributed by atoms with Crippen molar-refractivity contribution in [2.24, 2.45) is 0 Å². The van der Waals surface area contributed by atoms with Gasteiger partial charge in [0.15, 0.2) is 0 Å². The lowest BCUT2D eigenvalue weighted by molar-refractivity contribution is 0.00746. The van der Waals surface area contributed by atoms with Crippen LogP contribution in [-0.2, 0) is 41.6 Å². The number of benzene rings is 10. The van der Waals surface area contributed by atoms with Crippen LogP contribution >= 0.6 is 0 Å². The molecule has 0 bridgehead atoms. The zero-order valence-electron chi connectivity index (χ0n) is 39.6. The van der Waals surface area contributed by atoms with Gasteiger partial charge in [0, 0.05) is 33.0 Å². The van der Waals surface area contributed by atoms with E-state index in [4.69, 9.17) is 28.4 Å². The lowest BCUT2D eigenvalue weighted by Gasteiger charge is -2.31. The molecule has 12 rings (SSSR count). The SMILES string of the molecule is O=C1c2ccc3c4c(ccc(c24)C(=O)N1CCOCCOCCOCc1ccc2ccc4cccc5ccc1c2c45)C(=O)N(CCOCCOCCOCc1ccc2ccc4cccc5ccc1c2c45)C3=O. The number of carbonyl (C=O) groups is 4. The number of rotatable bonds is 22.